The van der Waals surface area contributed by atoms with E-state index in [4.69, 9.17) is 9.15 Å². The highest BCUT2D eigenvalue weighted by Crippen LogP contribution is 2.31. The van der Waals surface area contributed by atoms with Gasteiger partial charge in [0.2, 0.25) is 0 Å². The van der Waals surface area contributed by atoms with E-state index in [1.165, 1.54) is 7.11 Å². The molecule has 0 saturated heterocycles. The van der Waals surface area contributed by atoms with Gasteiger partial charge in [-0.1, -0.05) is 25.0 Å². The van der Waals surface area contributed by atoms with Gasteiger partial charge in [-0.15, -0.1) is 0 Å². The van der Waals surface area contributed by atoms with Gasteiger partial charge in [-0.2, -0.15) is 4.98 Å². The minimum Gasteiger partial charge on any atom is -0.469 e. The molecule has 0 radical (unpaired) electrons. The molecule has 1 saturated carbocycles. The van der Waals surface area contributed by atoms with E-state index >= 15 is 0 Å². The third-order valence-electron chi connectivity index (χ3n) is 4.22. The van der Waals surface area contributed by atoms with Crippen LogP contribution in [0.5, 0.6) is 0 Å². The first-order valence-electron chi connectivity index (χ1n) is 7.45. The molecule has 1 aromatic carbocycles. The van der Waals surface area contributed by atoms with Crippen molar-refractivity contribution in [2.24, 2.45) is 11.8 Å². The highest BCUT2D eigenvalue weighted by atomic mass is 16.5. The Morgan fingerprint density at radius 3 is 3.00 bits per heavy atom. The molecule has 2 atom stereocenters. The Kier molecular flexibility index (Phi) is 4.08. The number of carbonyl (C=O) groups excluding carboxylic acids is 1. The van der Waals surface area contributed by atoms with Gasteiger partial charge in [-0.25, -0.2) is 0 Å². The Hall–Kier alpha value is -2.04. The first-order valence-corrected chi connectivity index (χ1v) is 7.45. The van der Waals surface area contributed by atoms with Crippen LogP contribution in [0.25, 0.3) is 11.1 Å². The maximum atomic E-state index is 11.8. The zero-order chi connectivity index (χ0) is 14.7. The molecule has 1 N–H and O–H groups in total. The molecule has 0 amide bonds. The van der Waals surface area contributed by atoms with Crippen molar-refractivity contribution in [3.05, 3.63) is 24.3 Å². The second-order valence-electron chi connectivity index (χ2n) is 5.54. The van der Waals surface area contributed by atoms with Crippen LogP contribution in [-0.2, 0) is 9.53 Å². The van der Waals surface area contributed by atoms with Crippen LogP contribution in [0.15, 0.2) is 28.7 Å². The number of nitrogens with zero attached hydrogens (tertiary/aromatic N) is 1. The molecule has 1 aromatic heterocycles. The van der Waals surface area contributed by atoms with Crippen LogP contribution in [0.2, 0.25) is 0 Å². The number of carbonyl (C=O) groups is 1. The van der Waals surface area contributed by atoms with Crippen molar-refractivity contribution in [3.63, 3.8) is 0 Å². The number of hydrogen-bond acceptors (Lipinski definition) is 5. The van der Waals surface area contributed by atoms with Gasteiger partial charge in [0.1, 0.15) is 5.52 Å². The van der Waals surface area contributed by atoms with Crippen molar-refractivity contribution in [2.45, 2.75) is 25.7 Å². The van der Waals surface area contributed by atoms with E-state index in [-0.39, 0.29) is 17.8 Å². The second-order valence-corrected chi connectivity index (χ2v) is 5.54. The largest absolute Gasteiger partial charge is 0.469 e. The molecule has 0 spiro atoms. The summed E-state index contributed by atoms with van der Waals surface area (Å²) in [6.07, 6.45) is 4.20. The molecule has 3 rings (SSSR count). The third kappa shape index (κ3) is 3.01. The Labute approximate surface area is 123 Å². The van der Waals surface area contributed by atoms with Gasteiger partial charge in [0.15, 0.2) is 5.58 Å². The fraction of sp³-hybridized carbons (Fsp3) is 0.500. The molecule has 112 valence electrons. The maximum Gasteiger partial charge on any atom is 0.309 e. The lowest BCUT2D eigenvalue weighted by molar-refractivity contribution is -0.148. The van der Waals surface area contributed by atoms with Crippen LogP contribution < -0.4 is 5.32 Å². The van der Waals surface area contributed by atoms with E-state index in [9.17, 15) is 4.79 Å². The molecule has 0 aliphatic heterocycles. The molecular weight excluding hydrogens is 268 g/mol. The molecule has 1 aliphatic carbocycles. The first kappa shape index (κ1) is 13.9. The van der Waals surface area contributed by atoms with E-state index < -0.39 is 0 Å². The van der Waals surface area contributed by atoms with Crippen LogP contribution in [0.4, 0.5) is 6.01 Å². The van der Waals surface area contributed by atoms with E-state index in [1.54, 1.807) is 0 Å². The summed E-state index contributed by atoms with van der Waals surface area (Å²) in [6, 6.07) is 8.19. The van der Waals surface area contributed by atoms with E-state index in [2.05, 4.69) is 10.3 Å². The van der Waals surface area contributed by atoms with Crippen molar-refractivity contribution >= 4 is 23.1 Å². The Balaban J connectivity index is 1.66. The maximum absolute atomic E-state index is 11.8. The predicted octanol–water partition coefficient (Wildman–Crippen LogP) is 3.22. The number of esters is 1. The standard InChI is InChI=1S/C16H20N2O3/c1-20-15(19)12-7-3-2-6-11(12)10-17-16-18-13-8-4-5-9-14(13)21-16/h4-5,8-9,11-12H,2-3,6-7,10H2,1H3,(H,17,18). The van der Waals surface area contributed by atoms with Crippen molar-refractivity contribution in [1.82, 2.24) is 4.98 Å². The van der Waals surface area contributed by atoms with Crippen molar-refractivity contribution < 1.29 is 13.9 Å². The Bertz CT molecular complexity index is 590. The van der Waals surface area contributed by atoms with Crippen LogP contribution in [0.3, 0.4) is 0 Å². The van der Waals surface area contributed by atoms with E-state index in [0.717, 1.165) is 36.8 Å². The third-order valence-corrected chi connectivity index (χ3v) is 4.22. The number of rotatable bonds is 4. The topological polar surface area (TPSA) is 64.4 Å². The Morgan fingerprint density at radius 1 is 1.38 bits per heavy atom. The fourth-order valence-corrected chi connectivity index (χ4v) is 3.08. The van der Waals surface area contributed by atoms with Gasteiger partial charge < -0.3 is 14.5 Å². The highest BCUT2D eigenvalue weighted by molar-refractivity contribution is 5.74. The fourth-order valence-electron chi connectivity index (χ4n) is 3.08. The zero-order valence-electron chi connectivity index (χ0n) is 12.2. The number of fused-ring (bicyclic) bond motifs is 1. The summed E-state index contributed by atoms with van der Waals surface area (Å²) in [4.78, 5) is 16.2. The first-order chi connectivity index (χ1) is 10.3. The number of nitrogens with one attached hydrogen (secondary N) is 1. The van der Waals surface area contributed by atoms with E-state index in [0.29, 0.717) is 12.6 Å². The molecule has 2 unspecified atom stereocenters. The second kappa shape index (κ2) is 6.16. The summed E-state index contributed by atoms with van der Waals surface area (Å²) >= 11 is 0. The lowest BCUT2D eigenvalue weighted by atomic mass is 9.79. The normalized spacial score (nSPS) is 22.1. The number of anilines is 1. The lowest BCUT2D eigenvalue weighted by Crippen LogP contribution is -2.32. The smallest absolute Gasteiger partial charge is 0.309 e. The molecule has 1 aliphatic rings. The lowest BCUT2D eigenvalue weighted by Gasteiger charge is -2.29. The number of para-hydroxylation sites is 2. The molecule has 1 fully saturated rings. The number of aromatic nitrogens is 1. The number of methoxy groups -OCH3 is 1. The SMILES string of the molecule is COC(=O)C1CCCCC1CNc1nc2ccccc2o1. The van der Waals surface area contributed by atoms with Crippen molar-refractivity contribution in [3.8, 4) is 0 Å². The Morgan fingerprint density at radius 2 is 2.19 bits per heavy atom. The molecule has 0 bridgehead atoms. The summed E-state index contributed by atoms with van der Waals surface area (Å²) in [5, 5.41) is 3.23. The van der Waals surface area contributed by atoms with Gasteiger partial charge >= 0.3 is 5.97 Å². The molecule has 5 nitrogen and oxygen atoms in total. The summed E-state index contributed by atoms with van der Waals surface area (Å²) in [7, 11) is 1.46. The van der Waals surface area contributed by atoms with Gasteiger partial charge in [-0.05, 0) is 30.9 Å². The van der Waals surface area contributed by atoms with Gasteiger partial charge in [0.25, 0.3) is 6.01 Å². The quantitative estimate of drug-likeness (QED) is 0.875. The zero-order valence-corrected chi connectivity index (χ0v) is 12.2. The summed E-state index contributed by atoms with van der Waals surface area (Å²) < 4.78 is 10.6. The minimum atomic E-state index is -0.0981. The van der Waals surface area contributed by atoms with Crippen LogP contribution in [-0.4, -0.2) is 24.6 Å². The van der Waals surface area contributed by atoms with E-state index in [1.807, 2.05) is 24.3 Å². The predicted molar refractivity (Wildman–Crippen MR) is 80.0 cm³/mol. The average Bonchev–Trinajstić information content (AvgIpc) is 2.95. The monoisotopic (exact) mass is 288 g/mol. The minimum absolute atomic E-state index is 0.0133. The van der Waals surface area contributed by atoms with Crippen molar-refractivity contribution in [2.75, 3.05) is 19.0 Å². The average molecular weight is 288 g/mol. The number of hydrogen-bond donors (Lipinski definition) is 1. The molecule has 1 heterocycles. The summed E-state index contributed by atoms with van der Waals surface area (Å²) in [6.45, 7) is 0.687. The van der Waals surface area contributed by atoms with Gasteiger partial charge in [0, 0.05) is 6.54 Å². The number of oxazole rings is 1. The molecule has 5 heteroatoms. The van der Waals surface area contributed by atoms with Crippen molar-refractivity contribution in [1.29, 1.82) is 0 Å². The molecule has 2 aromatic rings. The highest BCUT2D eigenvalue weighted by Gasteiger charge is 2.31. The van der Waals surface area contributed by atoms with Crippen LogP contribution in [0, 0.1) is 11.8 Å². The molecule has 21 heavy (non-hydrogen) atoms. The van der Waals surface area contributed by atoms with Crippen LogP contribution in [0.1, 0.15) is 25.7 Å². The number of ether oxygens (including phenoxy) is 1. The summed E-state index contributed by atoms with van der Waals surface area (Å²) in [5.41, 5.74) is 1.61. The number of benzene rings is 1. The van der Waals surface area contributed by atoms with Gasteiger partial charge in [-0.3, -0.25) is 4.79 Å². The summed E-state index contributed by atoms with van der Waals surface area (Å²) in [5.74, 6) is 0.168. The molecular formula is C16H20N2O3. The van der Waals surface area contributed by atoms with Gasteiger partial charge in [0.05, 0.1) is 13.0 Å². The van der Waals surface area contributed by atoms with Crippen LogP contribution >= 0.6 is 0 Å².